The monoisotopic (exact) mass is 783 g/mol. The second-order valence-electron chi connectivity index (χ2n) is 21.6. The fourth-order valence-corrected chi connectivity index (χ4v) is 15.5. The summed E-state index contributed by atoms with van der Waals surface area (Å²) in [4.78, 5) is 35.5. The van der Waals surface area contributed by atoms with Gasteiger partial charge in [-0.15, -0.1) is 0 Å². The molecule has 9 aliphatic rings. The highest BCUT2D eigenvalue weighted by atomic mass is 16.6. The molecule has 0 bridgehead atoms. The highest BCUT2D eigenvalue weighted by Crippen LogP contribution is 2.89. The Morgan fingerprint density at radius 3 is 2.11 bits per heavy atom. The molecule has 4 saturated heterocycles. The lowest BCUT2D eigenvalue weighted by molar-refractivity contribution is -0.185. The Labute approximate surface area is 336 Å². The molecule has 9 fully saturated rings. The smallest absolute Gasteiger partial charge is 0.410 e. The van der Waals surface area contributed by atoms with Crippen molar-refractivity contribution in [3.8, 4) is 0 Å². The van der Waals surface area contributed by atoms with Gasteiger partial charge in [0, 0.05) is 76.3 Å². The van der Waals surface area contributed by atoms with Crippen LogP contribution in [-0.2, 0) is 18.9 Å². The number of piperazine rings is 1. The van der Waals surface area contributed by atoms with E-state index in [1.807, 2.05) is 4.90 Å². The summed E-state index contributed by atoms with van der Waals surface area (Å²) >= 11 is 0. The van der Waals surface area contributed by atoms with Crippen LogP contribution >= 0.6 is 0 Å². The summed E-state index contributed by atoms with van der Waals surface area (Å²) in [5, 5.41) is 12.7. The van der Waals surface area contributed by atoms with Crippen LogP contribution in [0.2, 0.25) is 0 Å². The SMILES string of the molecule is CC(C)C(OC(=O)N1CCC1)[C@@H]1C[C@@H](C)[C@H]2[C@@H](O1)[C@H](O)[C@@]1(C)C3CC[C@H]4C(C)(C)C(OC(=O)N5CCN(CCN6CCOCC6)CC5)CCC45C[C@@]35CCC21C. The molecule has 5 saturated carbocycles. The number of carbonyl (C=O) groups is 2. The number of ether oxygens (including phenoxy) is 4. The lowest BCUT2D eigenvalue weighted by atomic mass is 9.41. The van der Waals surface area contributed by atoms with Gasteiger partial charge in [0.25, 0.3) is 0 Å². The molecule has 56 heavy (non-hydrogen) atoms. The number of hydrogen-bond donors (Lipinski definition) is 1. The van der Waals surface area contributed by atoms with Crippen LogP contribution in [0.25, 0.3) is 0 Å². The third kappa shape index (κ3) is 5.87. The van der Waals surface area contributed by atoms with Gasteiger partial charge in [0.05, 0.1) is 31.5 Å². The van der Waals surface area contributed by atoms with Crippen molar-refractivity contribution >= 4 is 12.2 Å². The molecular weight excluding hydrogens is 709 g/mol. The Morgan fingerprint density at radius 2 is 1.45 bits per heavy atom. The van der Waals surface area contributed by atoms with E-state index in [0.29, 0.717) is 17.8 Å². The minimum atomic E-state index is -0.553. The number of fused-ring (bicyclic) bond motifs is 4. The van der Waals surface area contributed by atoms with Crippen molar-refractivity contribution in [2.75, 3.05) is 78.7 Å². The Balaban J connectivity index is 0.860. The van der Waals surface area contributed by atoms with Crippen molar-refractivity contribution in [2.45, 2.75) is 137 Å². The van der Waals surface area contributed by atoms with E-state index < -0.39 is 6.10 Å². The van der Waals surface area contributed by atoms with E-state index in [9.17, 15) is 14.7 Å². The Bertz CT molecular complexity index is 1490. The van der Waals surface area contributed by atoms with Gasteiger partial charge in [-0.2, -0.15) is 0 Å². The molecule has 4 heterocycles. The molecule has 2 amide bonds. The normalized spacial score (nSPS) is 46.4. The molecule has 13 atom stereocenters. The molecule has 0 aromatic carbocycles. The number of likely N-dealkylation sites (tertiary alicyclic amines) is 1. The van der Waals surface area contributed by atoms with Crippen LogP contribution in [0.1, 0.15) is 106 Å². The number of rotatable bonds is 7. The summed E-state index contributed by atoms with van der Waals surface area (Å²) in [7, 11) is 0. The van der Waals surface area contributed by atoms with Crippen LogP contribution in [0, 0.1) is 56.7 Å². The predicted octanol–water partition coefficient (Wildman–Crippen LogP) is 6.12. The Morgan fingerprint density at radius 1 is 0.804 bits per heavy atom. The third-order valence-corrected chi connectivity index (χ3v) is 18.8. The summed E-state index contributed by atoms with van der Waals surface area (Å²) in [6, 6.07) is 0. The second kappa shape index (κ2) is 14.2. The van der Waals surface area contributed by atoms with Gasteiger partial charge in [-0.3, -0.25) is 9.80 Å². The van der Waals surface area contributed by atoms with E-state index in [4.69, 9.17) is 18.9 Å². The lowest BCUT2D eigenvalue weighted by Gasteiger charge is -2.63. The van der Waals surface area contributed by atoms with Gasteiger partial charge in [0.1, 0.15) is 12.2 Å². The predicted molar refractivity (Wildman–Crippen MR) is 213 cm³/mol. The van der Waals surface area contributed by atoms with Gasteiger partial charge in [0.15, 0.2) is 0 Å². The van der Waals surface area contributed by atoms with Crippen molar-refractivity contribution in [1.29, 1.82) is 0 Å². The number of amides is 2. The van der Waals surface area contributed by atoms with E-state index in [-0.39, 0.29) is 75.5 Å². The van der Waals surface area contributed by atoms with Gasteiger partial charge in [0.2, 0.25) is 0 Å². The van der Waals surface area contributed by atoms with E-state index in [1.54, 1.807) is 4.90 Å². The summed E-state index contributed by atoms with van der Waals surface area (Å²) in [5.41, 5.74) is 0.117. The zero-order valence-electron chi connectivity index (χ0n) is 35.8. The van der Waals surface area contributed by atoms with E-state index in [1.165, 1.54) is 12.8 Å². The number of morpholine rings is 1. The molecule has 9 rings (SSSR count). The second-order valence-corrected chi connectivity index (χ2v) is 21.6. The maximum atomic E-state index is 13.7. The molecule has 1 N–H and O–H groups in total. The molecule has 2 spiro atoms. The highest BCUT2D eigenvalue weighted by molar-refractivity contribution is 5.69. The first-order valence-corrected chi connectivity index (χ1v) is 22.9. The fourth-order valence-electron chi connectivity index (χ4n) is 15.5. The molecule has 0 radical (unpaired) electrons. The molecule has 0 aromatic rings. The topological polar surface area (TPSA) is 104 Å². The minimum absolute atomic E-state index is 0.0234. The van der Waals surface area contributed by atoms with Gasteiger partial charge in [-0.1, -0.05) is 48.5 Å². The zero-order valence-corrected chi connectivity index (χ0v) is 35.8. The summed E-state index contributed by atoms with van der Waals surface area (Å²) in [6.45, 7) is 27.0. The fraction of sp³-hybridized carbons (Fsp3) is 0.956. The van der Waals surface area contributed by atoms with Crippen molar-refractivity contribution in [3.63, 3.8) is 0 Å². The molecule has 316 valence electrons. The van der Waals surface area contributed by atoms with Crippen molar-refractivity contribution in [3.05, 3.63) is 0 Å². The van der Waals surface area contributed by atoms with Crippen LogP contribution in [0.3, 0.4) is 0 Å². The molecule has 5 aliphatic carbocycles. The lowest BCUT2D eigenvalue weighted by Crippen LogP contribution is -2.60. The molecule has 11 heteroatoms. The van der Waals surface area contributed by atoms with Gasteiger partial charge >= 0.3 is 12.2 Å². The molecule has 11 nitrogen and oxygen atoms in total. The first-order valence-electron chi connectivity index (χ1n) is 22.9. The number of nitrogens with zero attached hydrogens (tertiary/aromatic N) is 4. The van der Waals surface area contributed by atoms with Crippen LogP contribution < -0.4 is 0 Å². The number of aliphatic hydroxyl groups excluding tert-OH is 1. The van der Waals surface area contributed by atoms with E-state index >= 15 is 0 Å². The van der Waals surface area contributed by atoms with Crippen LogP contribution in [0.5, 0.6) is 0 Å². The minimum Gasteiger partial charge on any atom is -0.446 e. The van der Waals surface area contributed by atoms with Gasteiger partial charge in [-0.25, -0.2) is 9.59 Å². The van der Waals surface area contributed by atoms with Crippen LogP contribution in [0.4, 0.5) is 9.59 Å². The van der Waals surface area contributed by atoms with Crippen LogP contribution in [0.15, 0.2) is 0 Å². The first-order chi connectivity index (χ1) is 26.7. The standard InChI is InChI=1S/C45H74N4O7/c1-29(2)36(56-40(52)48-15-8-16-48)31-27-30(3)35-37(54-31)38(50)43(7)33-10-9-32-41(4,5)34(11-12-44(32)28-45(33,44)14-13-42(35,43)6)55-39(51)49-21-19-46(20-22-49)17-18-47-23-25-53-26-24-47/h29-38,50H,8-28H2,1-7H3/t30-,31+,32+,33?,34?,35+,36?,37-,38+,42?,43-,44?,45+/m1/s1. The van der Waals surface area contributed by atoms with E-state index in [0.717, 1.165) is 124 Å². The molecule has 5 unspecified atom stereocenters. The van der Waals surface area contributed by atoms with E-state index in [2.05, 4.69) is 58.3 Å². The molecular formula is C45H74N4O7. The average Bonchev–Trinajstić information content (AvgIpc) is 3.78. The number of hydrogen-bond acceptors (Lipinski definition) is 9. The van der Waals surface area contributed by atoms with Crippen LogP contribution in [-0.4, -0.2) is 146 Å². The highest BCUT2D eigenvalue weighted by Gasteiger charge is 2.85. The molecule has 0 aromatic heterocycles. The maximum Gasteiger partial charge on any atom is 0.410 e. The number of aliphatic hydroxyl groups is 1. The van der Waals surface area contributed by atoms with Crippen molar-refractivity contribution < 1.29 is 33.6 Å². The Hall–Kier alpha value is -1.66. The Kier molecular flexibility index (Phi) is 10.1. The zero-order chi connectivity index (χ0) is 39.4. The average molecular weight is 783 g/mol. The van der Waals surface area contributed by atoms with Crippen molar-refractivity contribution in [2.24, 2.45) is 56.7 Å². The maximum absolute atomic E-state index is 13.7. The van der Waals surface area contributed by atoms with Gasteiger partial charge in [-0.05, 0) is 104 Å². The largest absolute Gasteiger partial charge is 0.446 e. The van der Waals surface area contributed by atoms with Crippen molar-refractivity contribution in [1.82, 2.24) is 19.6 Å². The summed E-state index contributed by atoms with van der Waals surface area (Å²) in [6.07, 6.45) is 8.06. The summed E-state index contributed by atoms with van der Waals surface area (Å²) in [5.74, 6) is 1.73. The first kappa shape index (κ1) is 39.8. The quantitative estimate of drug-likeness (QED) is 0.327. The summed E-state index contributed by atoms with van der Waals surface area (Å²) < 4.78 is 25.3. The molecule has 4 aliphatic heterocycles. The van der Waals surface area contributed by atoms with Gasteiger partial charge < -0.3 is 33.9 Å². The third-order valence-electron chi connectivity index (χ3n) is 18.8. The number of carbonyl (C=O) groups excluding carboxylic acids is 2.